The van der Waals surface area contributed by atoms with Crippen LogP contribution in [0.3, 0.4) is 0 Å². The number of rotatable bonds is 6. The number of benzene rings is 2. The lowest BCUT2D eigenvalue weighted by Gasteiger charge is -2.26. The highest BCUT2D eigenvalue weighted by Gasteiger charge is 2.37. The molecule has 0 unspecified atom stereocenters. The highest BCUT2D eigenvalue weighted by molar-refractivity contribution is 6.39. The van der Waals surface area contributed by atoms with Gasteiger partial charge in [-0.2, -0.15) is 0 Å². The molecule has 0 atom stereocenters. The van der Waals surface area contributed by atoms with Gasteiger partial charge in [0.05, 0.1) is 18.5 Å². The number of aryl methyl sites for hydroxylation is 1. The predicted molar refractivity (Wildman–Crippen MR) is 133 cm³/mol. The molecule has 0 spiro atoms. The van der Waals surface area contributed by atoms with E-state index in [9.17, 15) is 19.2 Å². The minimum Gasteiger partial charge on any atom is -0.467 e. The van der Waals surface area contributed by atoms with Gasteiger partial charge >= 0.3 is 6.03 Å². The maximum Gasteiger partial charge on any atom is 0.335 e. The monoisotopic (exact) mass is 482 g/mol. The molecule has 180 valence electrons. The van der Waals surface area contributed by atoms with Crippen molar-refractivity contribution in [3.63, 3.8) is 0 Å². The summed E-state index contributed by atoms with van der Waals surface area (Å²) in [5, 5.41) is 5.80. The van der Waals surface area contributed by atoms with E-state index in [1.807, 2.05) is 31.2 Å². The number of urea groups is 1. The van der Waals surface area contributed by atoms with E-state index < -0.39 is 17.8 Å². The third-order valence-corrected chi connectivity index (χ3v) is 5.87. The Kier molecular flexibility index (Phi) is 5.95. The zero-order valence-electron chi connectivity index (χ0n) is 19.4. The fraction of sp³-hybridized carbons (Fsp3) is 0.111. The average Bonchev–Trinajstić information content (AvgIpc) is 3.50. The van der Waals surface area contributed by atoms with Crippen LogP contribution in [0.4, 0.5) is 10.5 Å². The van der Waals surface area contributed by atoms with E-state index in [1.54, 1.807) is 47.2 Å². The number of aromatic nitrogens is 1. The smallest absolute Gasteiger partial charge is 0.335 e. The minimum absolute atomic E-state index is 0.0263. The number of imide groups is 2. The molecule has 1 aliphatic rings. The molecule has 1 fully saturated rings. The van der Waals surface area contributed by atoms with Gasteiger partial charge in [-0.15, -0.1) is 0 Å². The maximum absolute atomic E-state index is 13.3. The molecule has 0 aliphatic carbocycles. The van der Waals surface area contributed by atoms with Crippen molar-refractivity contribution in [2.75, 3.05) is 4.90 Å². The number of hydrogen-bond acceptors (Lipinski definition) is 5. The Balaban J connectivity index is 1.45. The molecular formula is C27H22N4O5. The van der Waals surface area contributed by atoms with Gasteiger partial charge in [0.2, 0.25) is 5.91 Å². The molecule has 9 heteroatoms. The zero-order chi connectivity index (χ0) is 25.2. The fourth-order valence-electron chi connectivity index (χ4n) is 4.07. The number of furan rings is 1. The van der Waals surface area contributed by atoms with Crippen LogP contribution in [0.25, 0.3) is 17.0 Å². The Morgan fingerprint density at radius 1 is 1.03 bits per heavy atom. The number of carbonyl (C=O) groups is 4. The molecule has 5 amide bonds. The highest BCUT2D eigenvalue weighted by Crippen LogP contribution is 2.27. The summed E-state index contributed by atoms with van der Waals surface area (Å²) < 4.78 is 6.98. The second-order valence-corrected chi connectivity index (χ2v) is 8.38. The second-order valence-electron chi connectivity index (χ2n) is 8.38. The van der Waals surface area contributed by atoms with E-state index in [0.29, 0.717) is 17.0 Å². The van der Waals surface area contributed by atoms with Crippen molar-refractivity contribution in [2.24, 2.45) is 0 Å². The van der Waals surface area contributed by atoms with Gasteiger partial charge < -0.3 is 14.3 Å². The number of hydrogen-bond donors (Lipinski definition) is 2. The number of fused-ring (bicyclic) bond motifs is 1. The summed E-state index contributed by atoms with van der Waals surface area (Å²) in [5.41, 5.74) is 2.47. The van der Waals surface area contributed by atoms with Crippen LogP contribution in [-0.2, 0) is 27.5 Å². The van der Waals surface area contributed by atoms with E-state index in [1.165, 1.54) is 12.3 Å². The Hall–Kier alpha value is -4.92. The van der Waals surface area contributed by atoms with Crippen LogP contribution in [0.15, 0.2) is 83.1 Å². The number of nitrogens with one attached hydrogen (secondary N) is 2. The first-order valence-electron chi connectivity index (χ1n) is 11.3. The third-order valence-electron chi connectivity index (χ3n) is 5.87. The molecule has 1 aliphatic heterocycles. The van der Waals surface area contributed by atoms with Gasteiger partial charge in [0, 0.05) is 22.7 Å². The molecular weight excluding hydrogens is 460 g/mol. The summed E-state index contributed by atoms with van der Waals surface area (Å²) in [6.07, 6.45) is 4.69. The van der Waals surface area contributed by atoms with E-state index >= 15 is 0 Å². The van der Waals surface area contributed by atoms with Crippen molar-refractivity contribution < 1.29 is 23.6 Å². The summed E-state index contributed by atoms with van der Waals surface area (Å²) in [5.74, 6) is -1.09. The van der Waals surface area contributed by atoms with E-state index in [0.717, 1.165) is 21.4 Å². The van der Waals surface area contributed by atoms with Crippen molar-refractivity contribution in [1.82, 2.24) is 15.2 Å². The van der Waals surface area contributed by atoms with Crippen LogP contribution in [0.2, 0.25) is 0 Å². The normalized spacial score (nSPS) is 15.0. The Bertz CT molecular complexity index is 1510. The first kappa shape index (κ1) is 22.9. The minimum atomic E-state index is -0.804. The van der Waals surface area contributed by atoms with E-state index in [2.05, 4.69) is 10.6 Å². The number of anilines is 1. The summed E-state index contributed by atoms with van der Waals surface area (Å²) in [4.78, 5) is 51.9. The maximum atomic E-state index is 13.3. The summed E-state index contributed by atoms with van der Waals surface area (Å²) in [6, 6.07) is 16.9. The average molecular weight is 482 g/mol. The van der Waals surface area contributed by atoms with Crippen LogP contribution in [0.5, 0.6) is 0 Å². The number of nitrogens with zero attached hydrogens (tertiary/aromatic N) is 2. The molecule has 36 heavy (non-hydrogen) atoms. The Labute approximate surface area is 206 Å². The van der Waals surface area contributed by atoms with Crippen LogP contribution in [0, 0.1) is 6.92 Å². The van der Waals surface area contributed by atoms with Crippen molar-refractivity contribution in [3.8, 4) is 0 Å². The SMILES string of the molecule is Cc1ccc(N2C(=O)NC(=O)C(=Cc3cn(CC(=O)NCc4ccco4)c4ccccc34)C2=O)cc1. The third kappa shape index (κ3) is 4.41. The van der Waals surface area contributed by atoms with Crippen LogP contribution in [0.1, 0.15) is 16.9 Å². The van der Waals surface area contributed by atoms with E-state index in [-0.39, 0.29) is 24.6 Å². The molecule has 3 heterocycles. The van der Waals surface area contributed by atoms with Crippen molar-refractivity contribution in [3.05, 3.63) is 95.6 Å². The lowest BCUT2D eigenvalue weighted by atomic mass is 10.1. The van der Waals surface area contributed by atoms with Gasteiger partial charge in [0.25, 0.3) is 11.8 Å². The van der Waals surface area contributed by atoms with Crippen molar-refractivity contribution in [2.45, 2.75) is 20.0 Å². The van der Waals surface area contributed by atoms with Gasteiger partial charge in [-0.1, -0.05) is 35.9 Å². The predicted octanol–water partition coefficient (Wildman–Crippen LogP) is 3.53. The van der Waals surface area contributed by atoms with Crippen molar-refractivity contribution in [1.29, 1.82) is 0 Å². The second kappa shape index (κ2) is 9.38. The van der Waals surface area contributed by atoms with E-state index in [4.69, 9.17) is 4.42 Å². The molecule has 9 nitrogen and oxygen atoms in total. The number of carbonyl (C=O) groups excluding carboxylic acids is 4. The summed E-state index contributed by atoms with van der Waals surface area (Å²) in [7, 11) is 0. The van der Waals surface area contributed by atoms with Crippen molar-refractivity contribution >= 4 is 46.4 Å². The van der Waals surface area contributed by atoms with Crippen LogP contribution >= 0.6 is 0 Å². The Morgan fingerprint density at radius 2 is 1.81 bits per heavy atom. The molecule has 2 aromatic heterocycles. The largest absolute Gasteiger partial charge is 0.467 e. The molecule has 5 rings (SSSR count). The lowest BCUT2D eigenvalue weighted by molar-refractivity contribution is -0.123. The number of barbiturate groups is 1. The Morgan fingerprint density at radius 3 is 2.56 bits per heavy atom. The number of para-hydroxylation sites is 1. The standard InChI is InChI=1S/C27H22N4O5/c1-17-8-10-19(11-9-17)31-26(34)22(25(33)29-27(31)35)13-18-15-30(23-7-3-2-6-21(18)23)16-24(32)28-14-20-5-4-12-36-20/h2-13,15H,14,16H2,1H3,(H,28,32)(H,29,33,35). The van der Waals surface area contributed by atoms with Crippen LogP contribution in [-0.4, -0.2) is 28.3 Å². The van der Waals surface area contributed by atoms with Gasteiger partial charge in [0.15, 0.2) is 0 Å². The fourth-order valence-corrected chi connectivity index (χ4v) is 4.07. The highest BCUT2D eigenvalue weighted by atomic mass is 16.3. The summed E-state index contributed by atoms with van der Waals surface area (Å²) in [6.45, 7) is 2.18. The molecule has 1 saturated heterocycles. The van der Waals surface area contributed by atoms with Crippen LogP contribution < -0.4 is 15.5 Å². The topological polar surface area (TPSA) is 114 Å². The first-order valence-corrected chi connectivity index (χ1v) is 11.3. The summed E-state index contributed by atoms with van der Waals surface area (Å²) >= 11 is 0. The van der Waals surface area contributed by atoms with Gasteiger partial charge in [-0.05, 0) is 43.3 Å². The molecule has 0 saturated carbocycles. The molecule has 4 aromatic rings. The van der Waals surface area contributed by atoms with Gasteiger partial charge in [0.1, 0.15) is 17.9 Å². The first-order chi connectivity index (χ1) is 17.4. The lowest BCUT2D eigenvalue weighted by Crippen LogP contribution is -2.54. The quantitative estimate of drug-likeness (QED) is 0.322. The molecule has 0 bridgehead atoms. The molecule has 2 N–H and O–H groups in total. The van der Waals surface area contributed by atoms with Gasteiger partial charge in [-0.25, -0.2) is 9.69 Å². The zero-order valence-corrected chi connectivity index (χ0v) is 19.4. The molecule has 0 radical (unpaired) electrons. The molecule has 2 aromatic carbocycles. The van der Waals surface area contributed by atoms with Gasteiger partial charge in [-0.3, -0.25) is 19.7 Å². The number of amides is 5.